The standard InChI is InChI=1S/C6H11NO2S.Na/c1-6(2,3-4-7)5-10(8)9;/h3,5H2,1-2H3,(H,8,9);/q;+1/p-1. The Balaban J connectivity index is 0. The SMILES string of the molecule is CC(C)(CC#N)CS(=O)[O-].[Na+]. The summed E-state index contributed by atoms with van der Waals surface area (Å²) in [5.41, 5.74) is -0.401. The molecule has 0 aliphatic rings. The van der Waals surface area contributed by atoms with Crippen molar-refractivity contribution in [2.45, 2.75) is 20.3 Å². The predicted octanol–water partition coefficient (Wildman–Crippen LogP) is -2.19. The van der Waals surface area contributed by atoms with Gasteiger partial charge in [-0.1, -0.05) is 24.9 Å². The fourth-order valence-electron chi connectivity index (χ4n) is 0.584. The van der Waals surface area contributed by atoms with Crippen molar-refractivity contribution in [3.8, 4) is 6.07 Å². The zero-order valence-electron chi connectivity index (χ0n) is 7.09. The van der Waals surface area contributed by atoms with Crippen LogP contribution in [0.3, 0.4) is 0 Å². The van der Waals surface area contributed by atoms with Gasteiger partial charge in [-0.05, 0) is 5.41 Å². The first-order valence-electron chi connectivity index (χ1n) is 2.91. The molecular formula is C6H10NNaO2S. The maximum Gasteiger partial charge on any atom is 1.00 e. The predicted molar refractivity (Wildman–Crippen MR) is 37.8 cm³/mol. The van der Waals surface area contributed by atoms with Gasteiger partial charge in [0.05, 0.1) is 6.07 Å². The van der Waals surface area contributed by atoms with E-state index >= 15 is 0 Å². The van der Waals surface area contributed by atoms with E-state index in [-0.39, 0.29) is 41.7 Å². The second kappa shape index (κ2) is 6.15. The molecule has 58 valence electrons. The van der Waals surface area contributed by atoms with Crippen molar-refractivity contribution in [2.24, 2.45) is 5.41 Å². The Morgan fingerprint density at radius 1 is 1.64 bits per heavy atom. The maximum absolute atomic E-state index is 10.2. The van der Waals surface area contributed by atoms with Crippen LogP contribution in [0.5, 0.6) is 0 Å². The molecule has 0 spiro atoms. The Morgan fingerprint density at radius 2 is 2.09 bits per heavy atom. The Kier molecular flexibility index (Phi) is 7.91. The number of nitriles is 1. The summed E-state index contributed by atoms with van der Waals surface area (Å²) in [4.78, 5) is 0. The molecule has 0 rings (SSSR count). The summed E-state index contributed by atoms with van der Waals surface area (Å²) in [5.74, 6) is 0.0561. The molecule has 0 aromatic carbocycles. The summed E-state index contributed by atoms with van der Waals surface area (Å²) in [6.07, 6.45) is 0.279. The first-order chi connectivity index (χ1) is 4.48. The van der Waals surface area contributed by atoms with E-state index in [4.69, 9.17) is 5.26 Å². The summed E-state index contributed by atoms with van der Waals surface area (Å²) in [5, 5.41) is 8.26. The van der Waals surface area contributed by atoms with Crippen LogP contribution in [0.2, 0.25) is 0 Å². The molecule has 0 aromatic heterocycles. The van der Waals surface area contributed by atoms with Crippen LogP contribution in [-0.2, 0) is 11.1 Å². The first-order valence-corrected chi connectivity index (χ1v) is 4.15. The van der Waals surface area contributed by atoms with Crippen LogP contribution in [0.25, 0.3) is 0 Å². The summed E-state index contributed by atoms with van der Waals surface area (Å²) in [6.45, 7) is 3.51. The van der Waals surface area contributed by atoms with Crippen LogP contribution >= 0.6 is 0 Å². The summed E-state index contributed by atoms with van der Waals surface area (Å²) in [7, 11) is 0. The average Bonchev–Trinajstić information content (AvgIpc) is 1.59. The summed E-state index contributed by atoms with van der Waals surface area (Å²) >= 11 is -2.04. The minimum absolute atomic E-state index is 0. The van der Waals surface area contributed by atoms with Crippen LogP contribution < -0.4 is 29.6 Å². The van der Waals surface area contributed by atoms with Gasteiger partial charge in [-0.2, -0.15) is 5.26 Å². The molecule has 0 bridgehead atoms. The quantitative estimate of drug-likeness (QED) is 0.369. The van der Waals surface area contributed by atoms with Crippen LogP contribution in [-0.4, -0.2) is 14.5 Å². The van der Waals surface area contributed by atoms with E-state index in [0.29, 0.717) is 0 Å². The third kappa shape index (κ3) is 8.51. The van der Waals surface area contributed by atoms with E-state index in [1.165, 1.54) is 0 Å². The second-order valence-corrected chi connectivity index (χ2v) is 3.84. The first kappa shape index (κ1) is 14.1. The van der Waals surface area contributed by atoms with Crippen LogP contribution in [0.4, 0.5) is 0 Å². The molecular weight excluding hydrogens is 173 g/mol. The molecule has 0 heterocycles. The molecule has 0 saturated heterocycles. The Bertz CT molecular complexity index is 176. The molecule has 1 unspecified atom stereocenters. The van der Waals surface area contributed by atoms with Crippen molar-refractivity contribution >= 4 is 11.1 Å². The van der Waals surface area contributed by atoms with Gasteiger partial charge in [-0.3, -0.25) is 4.21 Å². The third-order valence-corrected chi connectivity index (χ3v) is 2.08. The van der Waals surface area contributed by atoms with Gasteiger partial charge in [-0.15, -0.1) is 0 Å². The van der Waals surface area contributed by atoms with Gasteiger partial charge >= 0.3 is 29.6 Å². The van der Waals surface area contributed by atoms with Gasteiger partial charge in [0.1, 0.15) is 0 Å². The Morgan fingerprint density at radius 3 is 2.36 bits per heavy atom. The van der Waals surface area contributed by atoms with Gasteiger partial charge in [0.15, 0.2) is 0 Å². The van der Waals surface area contributed by atoms with Crippen molar-refractivity contribution in [1.29, 1.82) is 5.26 Å². The van der Waals surface area contributed by atoms with E-state index in [1.807, 2.05) is 6.07 Å². The third-order valence-electron chi connectivity index (χ3n) is 1.07. The molecule has 0 fully saturated rings. The average molecular weight is 183 g/mol. The van der Waals surface area contributed by atoms with Gasteiger partial charge in [0, 0.05) is 12.2 Å². The van der Waals surface area contributed by atoms with E-state index in [2.05, 4.69) is 0 Å². The maximum atomic E-state index is 10.2. The molecule has 5 heteroatoms. The van der Waals surface area contributed by atoms with Gasteiger partial charge in [-0.25, -0.2) is 0 Å². The van der Waals surface area contributed by atoms with Crippen LogP contribution in [0, 0.1) is 16.7 Å². The molecule has 0 radical (unpaired) electrons. The number of nitrogens with zero attached hydrogens (tertiary/aromatic N) is 1. The molecule has 1 atom stereocenters. The van der Waals surface area contributed by atoms with E-state index < -0.39 is 16.5 Å². The number of rotatable bonds is 3. The molecule has 0 aromatic rings. The monoisotopic (exact) mass is 183 g/mol. The van der Waals surface area contributed by atoms with Crippen molar-refractivity contribution in [3.05, 3.63) is 0 Å². The van der Waals surface area contributed by atoms with Crippen molar-refractivity contribution in [2.75, 3.05) is 5.75 Å². The van der Waals surface area contributed by atoms with Crippen LogP contribution in [0.15, 0.2) is 0 Å². The van der Waals surface area contributed by atoms with Gasteiger partial charge < -0.3 is 4.55 Å². The van der Waals surface area contributed by atoms with Gasteiger partial charge in [0.25, 0.3) is 0 Å². The molecule has 0 amide bonds. The topological polar surface area (TPSA) is 63.9 Å². The van der Waals surface area contributed by atoms with Gasteiger partial charge in [0.2, 0.25) is 0 Å². The van der Waals surface area contributed by atoms with Crippen molar-refractivity contribution in [1.82, 2.24) is 0 Å². The van der Waals surface area contributed by atoms with E-state index in [9.17, 15) is 8.76 Å². The minimum Gasteiger partial charge on any atom is -0.772 e. The molecule has 0 aliphatic carbocycles. The fraction of sp³-hybridized carbons (Fsp3) is 0.833. The molecule has 11 heavy (non-hydrogen) atoms. The smallest absolute Gasteiger partial charge is 0.772 e. The fourth-order valence-corrected chi connectivity index (χ4v) is 1.32. The summed E-state index contributed by atoms with van der Waals surface area (Å²) in [6, 6.07) is 1.94. The Hall–Kier alpha value is 0.600. The van der Waals surface area contributed by atoms with Crippen molar-refractivity contribution < 1.29 is 38.3 Å². The summed E-state index contributed by atoms with van der Waals surface area (Å²) < 4.78 is 20.4. The molecule has 0 N–H and O–H groups in total. The molecule has 0 aliphatic heterocycles. The second-order valence-electron chi connectivity index (χ2n) is 2.95. The molecule has 3 nitrogen and oxygen atoms in total. The minimum atomic E-state index is -2.04. The van der Waals surface area contributed by atoms with Crippen LogP contribution in [0.1, 0.15) is 20.3 Å². The van der Waals surface area contributed by atoms with E-state index in [0.717, 1.165) is 0 Å². The number of hydrogen-bond acceptors (Lipinski definition) is 3. The number of hydrogen-bond donors (Lipinski definition) is 0. The normalized spacial score (nSPS) is 12.9. The van der Waals surface area contributed by atoms with Crippen molar-refractivity contribution in [3.63, 3.8) is 0 Å². The largest absolute Gasteiger partial charge is 1.00 e. The van der Waals surface area contributed by atoms with E-state index in [1.54, 1.807) is 13.8 Å². The zero-order chi connectivity index (χ0) is 8.20. The molecule has 0 saturated carbocycles. The Labute approximate surface area is 91.7 Å². The zero-order valence-corrected chi connectivity index (χ0v) is 9.90.